The molecule has 5 heteroatoms. The average Bonchev–Trinajstić information content (AvgIpc) is 2.43. The third-order valence-corrected chi connectivity index (χ3v) is 2.76. The lowest BCUT2D eigenvalue weighted by molar-refractivity contribution is 0.0527. The van der Waals surface area contributed by atoms with Gasteiger partial charge in [-0.3, -0.25) is 0 Å². The van der Waals surface area contributed by atoms with Crippen molar-refractivity contribution in [2.75, 3.05) is 27.4 Å². The van der Waals surface area contributed by atoms with E-state index in [9.17, 15) is 5.11 Å². The third-order valence-electron chi connectivity index (χ3n) is 2.76. The minimum atomic E-state index is -0.884. The second-order valence-electron chi connectivity index (χ2n) is 4.07. The molecule has 102 valence electrons. The number of ether oxygens (including phenoxy) is 2. The standard InChI is InChI=1S/C13H21NO4/c1-9(14-2)10-4-5-12(13(6-10)17-3)18-8-11(16)7-15/h4-6,9,11,14-16H,7-8H2,1-3H3. The lowest BCUT2D eigenvalue weighted by atomic mass is 10.1. The first-order valence-electron chi connectivity index (χ1n) is 5.89. The van der Waals surface area contributed by atoms with Gasteiger partial charge in [0.05, 0.1) is 13.7 Å². The van der Waals surface area contributed by atoms with E-state index in [4.69, 9.17) is 14.6 Å². The summed E-state index contributed by atoms with van der Waals surface area (Å²) in [6.45, 7) is 1.76. The van der Waals surface area contributed by atoms with Gasteiger partial charge in [0.1, 0.15) is 12.7 Å². The molecule has 0 amide bonds. The van der Waals surface area contributed by atoms with Crippen LogP contribution in [0.3, 0.4) is 0 Å². The number of aliphatic hydroxyl groups excluding tert-OH is 2. The summed E-state index contributed by atoms with van der Waals surface area (Å²) < 4.78 is 10.6. The van der Waals surface area contributed by atoms with Crippen LogP contribution in [0.4, 0.5) is 0 Å². The Morgan fingerprint density at radius 1 is 1.33 bits per heavy atom. The first-order chi connectivity index (χ1) is 8.62. The van der Waals surface area contributed by atoms with Gasteiger partial charge in [-0.2, -0.15) is 0 Å². The van der Waals surface area contributed by atoms with Crippen LogP contribution in [0.5, 0.6) is 11.5 Å². The smallest absolute Gasteiger partial charge is 0.161 e. The number of nitrogens with one attached hydrogen (secondary N) is 1. The Morgan fingerprint density at radius 3 is 2.61 bits per heavy atom. The van der Waals surface area contributed by atoms with E-state index in [0.29, 0.717) is 11.5 Å². The molecular weight excluding hydrogens is 234 g/mol. The molecule has 5 nitrogen and oxygen atoms in total. The number of aliphatic hydroxyl groups is 2. The van der Waals surface area contributed by atoms with Crippen molar-refractivity contribution in [1.82, 2.24) is 5.32 Å². The zero-order chi connectivity index (χ0) is 13.5. The Bertz CT molecular complexity index is 370. The van der Waals surface area contributed by atoms with Crippen LogP contribution in [-0.2, 0) is 0 Å². The number of rotatable bonds is 7. The summed E-state index contributed by atoms with van der Waals surface area (Å²) in [5.74, 6) is 1.16. The highest BCUT2D eigenvalue weighted by atomic mass is 16.5. The first-order valence-corrected chi connectivity index (χ1v) is 5.89. The van der Waals surface area contributed by atoms with Gasteiger partial charge in [-0.25, -0.2) is 0 Å². The van der Waals surface area contributed by atoms with Crippen LogP contribution in [0.25, 0.3) is 0 Å². The van der Waals surface area contributed by atoms with E-state index in [1.54, 1.807) is 13.2 Å². The molecule has 3 N–H and O–H groups in total. The van der Waals surface area contributed by atoms with Gasteiger partial charge in [0.2, 0.25) is 0 Å². The Labute approximate surface area is 107 Å². The van der Waals surface area contributed by atoms with E-state index in [0.717, 1.165) is 5.56 Å². The van der Waals surface area contributed by atoms with Crippen LogP contribution in [0, 0.1) is 0 Å². The van der Waals surface area contributed by atoms with Gasteiger partial charge in [-0.1, -0.05) is 6.07 Å². The molecule has 0 aromatic heterocycles. The molecule has 0 spiro atoms. The zero-order valence-corrected chi connectivity index (χ0v) is 11.0. The maximum atomic E-state index is 9.24. The third kappa shape index (κ3) is 3.87. The number of hydrogen-bond acceptors (Lipinski definition) is 5. The number of methoxy groups -OCH3 is 1. The van der Waals surface area contributed by atoms with Crippen LogP contribution in [0.2, 0.25) is 0 Å². The quantitative estimate of drug-likeness (QED) is 0.669. The molecule has 0 saturated heterocycles. The molecule has 1 rings (SSSR count). The van der Waals surface area contributed by atoms with E-state index < -0.39 is 6.10 Å². The summed E-state index contributed by atoms with van der Waals surface area (Å²) in [4.78, 5) is 0. The first kappa shape index (κ1) is 14.8. The van der Waals surface area contributed by atoms with Gasteiger partial charge in [0.15, 0.2) is 11.5 Å². The van der Waals surface area contributed by atoms with Gasteiger partial charge in [-0.15, -0.1) is 0 Å². The fourth-order valence-electron chi connectivity index (χ4n) is 1.48. The molecule has 18 heavy (non-hydrogen) atoms. The molecule has 0 aliphatic heterocycles. The van der Waals surface area contributed by atoms with E-state index in [1.165, 1.54) is 0 Å². The zero-order valence-electron chi connectivity index (χ0n) is 11.0. The molecule has 0 heterocycles. The molecule has 2 atom stereocenters. The predicted molar refractivity (Wildman–Crippen MR) is 69.1 cm³/mol. The molecule has 0 aliphatic rings. The summed E-state index contributed by atoms with van der Waals surface area (Å²) >= 11 is 0. The monoisotopic (exact) mass is 255 g/mol. The lowest BCUT2D eigenvalue weighted by Crippen LogP contribution is -2.21. The molecule has 0 bridgehead atoms. The van der Waals surface area contributed by atoms with Gasteiger partial charge >= 0.3 is 0 Å². The van der Waals surface area contributed by atoms with Gasteiger partial charge in [-0.05, 0) is 31.7 Å². The Morgan fingerprint density at radius 2 is 2.06 bits per heavy atom. The second-order valence-corrected chi connectivity index (χ2v) is 4.07. The Hall–Kier alpha value is -1.30. The average molecular weight is 255 g/mol. The van der Waals surface area contributed by atoms with Crippen LogP contribution >= 0.6 is 0 Å². The lowest BCUT2D eigenvalue weighted by Gasteiger charge is -2.16. The van der Waals surface area contributed by atoms with Crippen LogP contribution in [0.1, 0.15) is 18.5 Å². The Balaban J connectivity index is 2.80. The van der Waals surface area contributed by atoms with Gasteiger partial charge in [0, 0.05) is 6.04 Å². The molecular formula is C13H21NO4. The normalized spacial score (nSPS) is 14.1. The van der Waals surface area contributed by atoms with Crippen molar-refractivity contribution < 1.29 is 19.7 Å². The van der Waals surface area contributed by atoms with Crippen molar-refractivity contribution in [3.63, 3.8) is 0 Å². The van der Waals surface area contributed by atoms with Crippen molar-refractivity contribution in [2.45, 2.75) is 19.1 Å². The largest absolute Gasteiger partial charge is 0.493 e. The minimum Gasteiger partial charge on any atom is -0.493 e. The van der Waals surface area contributed by atoms with E-state index in [1.807, 2.05) is 26.1 Å². The highest BCUT2D eigenvalue weighted by Crippen LogP contribution is 2.30. The highest BCUT2D eigenvalue weighted by molar-refractivity contribution is 5.43. The second kappa shape index (κ2) is 7.20. The topological polar surface area (TPSA) is 71.0 Å². The molecule has 0 aliphatic carbocycles. The van der Waals surface area contributed by atoms with Gasteiger partial charge < -0.3 is 25.0 Å². The van der Waals surface area contributed by atoms with E-state index in [-0.39, 0.29) is 19.3 Å². The summed E-state index contributed by atoms with van der Waals surface area (Å²) in [6, 6.07) is 5.84. The van der Waals surface area contributed by atoms with Crippen molar-refractivity contribution in [3.05, 3.63) is 23.8 Å². The van der Waals surface area contributed by atoms with Crippen molar-refractivity contribution in [1.29, 1.82) is 0 Å². The van der Waals surface area contributed by atoms with E-state index >= 15 is 0 Å². The molecule has 0 saturated carbocycles. The SMILES string of the molecule is CNC(C)c1ccc(OCC(O)CO)c(OC)c1. The fourth-order valence-corrected chi connectivity index (χ4v) is 1.48. The molecule has 1 aromatic rings. The van der Waals surface area contributed by atoms with Crippen molar-refractivity contribution in [3.8, 4) is 11.5 Å². The summed E-state index contributed by atoms with van der Waals surface area (Å²) in [7, 11) is 3.46. The fraction of sp³-hybridized carbons (Fsp3) is 0.538. The van der Waals surface area contributed by atoms with Crippen LogP contribution in [0.15, 0.2) is 18.2 Å². The maximum Gasteiger partial charge on any atom is 0.161 e. The number of hydrogen-bond donors (Lipinski definition) is 3. The van der Waals surface area contributed by atoms with Crippen LogP contribution < -0.4 is 14.8 Å². The minimum absolute atomic E-state index is 0.0355. The maximum absolute atomic E-state index is 9.24. The Kier molecular flexibility index (Phi) is 5.91. The van der Waals surface area contributed by atoms with Crippen molar-refractivity contribution >= 4 is 0 Å². The highest BCUT2D eigenvalue weighted by Gasteiger charge is 2.11. The number of benzene rings is 1. The summed E-state index contributed by atoms with van der Waals surface area (Å²) in [5, 5.41) is 21.1. The van der Waals surface area contributed by atoms with Gasteiger partial charge in [0.25, 0.3) is 0 Å². The summed E-state index contributed by atoms with van der Waals surface area (Å²) in [6.07, 6.45) is -0.884. The van der Waals surface area contributed by atoms with Crippen molar-refractivity contribution in [2.24, 2.45) is 0 Å². The van der Waals surface area contributed by atoms with Crippen LogP contribution in [-0.4, -0.2) is 43.7 Å². The molecule has 0 radical (unpaired) electrons. The molecule has 2 unspecified atom stereocenters. The molecule has 1 aromatic carbocycles. The summed E-state index contributed by atoms with van der Waals surface area (Å²) in [5.41, 5.74) is 1.09. The van der Waals surface area contributed by atoms with E-state index in [2.05, 4.69) is 5.32 Å². The predicted octanol–water partition coefficient (Wildman–Crippen LogP) is 0.708. The molecule has 0 fully saturated rings.